The van der Waals surface area contributed by atoms with Crippen LogP contribution in [0.3, 0.4) is 0 Å². The smallest absolute Gasteiger partial charge is 0.209 e. The number of benzene rings is 2. The summed E-state index contributed by atoms with van der Waals surface area (Å²) in [5, 5.41) is 4.79. The van der Waals surface area contributed by atoms with Crippen LogP contribution in [0, 0.1) is 0 Å². The minimum atomic E-state index is -3.29. The Kier molecular flexibility index (Phi) is 5.56. The predicted molar refractivity (Wildman–Crippen MR) is 116 cm³/mol. The van der Waals surface area contributed by atoms with Gasteiger partial charge in [0.15, 0.2) is 0 Å². The van der Waals surface area contributed by atoms with Gasteiger partial charge < -0.3 is 0 Å². The van der Waals surface area contributed by atoms with Gasteiger partial charge in [0.05, 0.1) is 18.0 Å². The highest BCUT2D eigenvalue weighted by atomic mass is 32.2. The molecular weight excluding hydrogens is 382 g/mol. The summed E-state index contributed by atoms with van der Waals surface area (Å²) in [6, 6.07) is 20.7. The average molecular weight is 410 g/mol. The molecule has 5 nitrogen and oxygen atoms in total. The zero-order chi connectivity index (χ0) is 20.4. The van der Waals surface area contributed by atoms with Crippen LogP contribution in [0.4, 0.5) is 0 Å². The van der Waals surface area contributed by atoms with E-state index in [1.165, 1.54) is 28.6 Å². The van der Waals surface area contributed by atoms with E-state index in [0.717, 1.165) is 31.4 Å². The molecule has 1 aliphatic rings. The zero-order valence-electron chi connectivity index (χ0n) is 16.9. The normalized spacial score (nSPS) is 19.1. The number of nitrogens with zero attached hydrogens (tertiary/aromatic N) is 2. The first-order valence-electron chi connectivity index (χ1n) is 10.1. The Morgan fingerprint density at radius 1 is 1.07 bits per heavy atom. The van der Waals surface area contributed by atoms with Crippen molar-refractivity contribution in [1.82, 2.24) is 14.5 Å². The number of nitrogens with one attached hydrogen (secondary N) is 1. The first kappa shape index (κ1) is 19.9. The van der Waals surface area contributed by atoms with Gasteiger partial charge in [-0.25, -0.2) is 13.1 Å². The highest BCUT2D eigenvalue weighted by Crippen LogP contribution is 2.30. The minimum absolute atomic E-state index is 0.0419. The van der Waals surface area contributed by atoms with Crippen LogP contribution in [0.15, 0.2) is 60.7 Å². The monoisotopic (exact) mass is 409 g/mol. The van der Waals surface area contributed by atoms with Gasteiger partial charge in [-0.3, -0.25) is 4.68 Å². The van der Waals surface area contributed by atoms with Crippen molar-refractivity contribution in [1.29, 1.82) is 0 Å². The maximum atomic E-state index is 12.0. The molecule has 1 N–H and O–H groups in total. The van der Waals surface area contributed by atoms with Crippen molar-refractivity contribution in [2.24, 2.45) is 0 Å². The van der Waals surface area contributed by atoms with Crippen LogP contribution in [0.1, 0.15) is 36.3 Å². The van der Waals surface area contributed by atoms with Gasteiger partial charge in [0.25, 0.3) is 0 Å². The molecule has 0 radical (unpaired) electrons. The lowest BCUT2D eigenvalue weighted by molar-refractivity contribution is 0.298. The summed E-state index contributed by atoms with van der Waals surface area (Å²) in [4.78, 5) is 0. The second kappa shape index (κ2) is 8.13. The number of hydrogen-bond donors (Lipinski definition) is 1. The Morgan fingerprint density at radius 2 is 1.83 bits per heavy atom. The summed E-state index contributed by atoms with van der Waals surface area (Å²) in [5.41, 5.74) is 5.78. The van der Waals surface area contributed by atoms with Gasteiger partial charge in [-0.05, 0) is 48.4 Å². The van der Waals surface area contributed by atoms with Gasteiger partial charge in [0.2, 0.25) is 10.0 Å². The lowest BCUT2D eigenvalue weighted by Gasteiger charge is -2.33. The van der Waals surface area contributed by atoms with Crippen molar-refractivity contribution in [3.63, 3.8) is 0 Å². The van der Waals surface area contributed by atoms with Crippen molar-refractivity contribution < 1.29 is 8.42 Å². The standard InChI is InChI=1S/C23H27N3O2S/c1-3-20-16-21-12-13-22(25-29(2,27)28)23(26(21)24-20)15-17-8-7-11-19(14-17)18-9-5-4-6-10-18/h4-11,14,16,22-23,25H,3,12-13,15H2,1-2H3. The molecule has 1 aliphatic heterocycles. The topological polar surface area (TPSA) is 64.0 Å². The number of sulfonamides is 1. The summed E-state index contributed by atoms with van der Waals surface area (Å²) < 4.78 is 28.8. The summed E-state index contributed by atoms with van der Waals surface area (Å²) in [7, 11) is -3.29. The van der Waals surface area contributed by atoms with Crippen molar-refractivity contribution in [2.45, 2.75) is 44.7 Å². The first-order chi connectivity index (χ1) is 13.9. The third kappa shape index (κ3) is 4.60. The van der Waals surface area contributed by atoms with Gasteiger partial charge in [-0.2, -0.15) is 5.10 Å². The molecule has 2 aromatic carbocycles. The molecule has 2 heterocycles. The fourth-order valence-electron chi connectivity index (χ4n) is 4.19. The molecule has 0 spiro atoms. The third-order valence-corrected chi connectivity index (χ3v) is 6.29. The lowest BCUT2D eigenvalue weighted by Crippen LogP contribution is -2.45. The lowest BCUT2D eigenvalue weighted by atomic mass is 9.91. The zero-order valence-corrected chi connectivity index (χ0v) is 17.7. The number of hydrogen-bond acceptors (Lipinski definition) is 3. The second-order valence-corrected chi connectivity index (χ2v) is 9.58. The highest BCUT2D eigenvalue weighted by Gasteiger charge is 2.32. The number of rotatable bonds is 6. The van der Waals surface area contributed by atoms with E-state index < -0.39 is 10.0 Å². The highest BCUT2D eigenvalue weighted by molar-refractivity contribution is 7.88. The minimum Gasteiger partial charge on any atom is -0.264 e. The number of fused-ring (bicyclic) bond motifs is 1. The average Bonchev–Trinajstić information content (AvgIpc) is 3.13. The molecule has 0 bridgehead atoms. The predicted octanol–water partition coefficient (Wildman–Crippen LogP) is 3.76. The molecule has 4 rings (SSSR count). The molecule has 2 unspecified atom stereocenters. The molecule has 6 heteroatoms. The van der Waals surface area contributed by atoms with E-state index in [9.17, 15) is 8.42 Å². The maximum absolute atomic E-state index is 12.0. The Balaban J connectivity index is 1.68. The fraction of sp³-hybridized carbons (Fsp3) is 0.348. The molecule has 0 aliphatic carbocycles. The Morgan fingerprint density at radius 3 is 2.55 bits per heavy atom. The van der Waals surface area contributed by atoms with Crippen molar-refractivity contribution in [3.05, 3.63) is 77.6 Å². The molecule has 2 atom stereocenters. The van der Waals surface area contributed by atoms with Crippen molar-refractivity contribution >= 4 is 10.0 Å². The van der Waals surface area contributed by atoms with Crippen LogP contribution in [0.2, 0.25) is 0 Å². The van der Waals surface area contributed by atoms with Gasteiger partial charge >= 0.3 is 0 Å². The second-order valence-electron chi connectivity index (χ2n) is 7.80. The van der Waals surface area contributed by atoms with Crippen LogP contribution in [-0.4, -0.2) is 30.5 Å². The molecule has 3 aromatic rings. The summed E-state index contributed by atoms with van der Waals surface area (Å²) in [6.07, 6.45) is 4.45. The Hall–Kier alpha value is -2.44. The largest absolute Gasteiger partial charge is 0.264 e. The fourth-order valence-corrected chi connectivity index (χ4v) is 5.02. The van der Waals surface area contributed by atoms with Crippen LogP contribution < -0.4 is 4.72 Å². The summed E-state index contributed by atoms with van der Waals surface area (Å²) in [6.45, 7) is 2.10. The van der Waals surface area contributed by atoms with E-state index in [1.54, 1.807) is 0 Å². The molecule has 0 saturated heterocycles. The van der Waals surface area contributed by atoms with E-state index in [4.69, 9.17) is 5.10 Å². The molecule has 0 amide bonds. The number of aromatic nitrogens is 2. The van der Waals surface area contributed by atoms with Gasteiger partial charge in [0, 0.05) is 11.7 Å². The van der Waals surface area contributed by atoms with Crippen LogP contribution in [0.25, 0.3) is 11.1 Å². The van der Waals surface area contributed by atoms with Gasteiger partial charge in [0.1, 0.15) is 0 Å². The SMILES string of the molecule is CCc1cc2n(n1)C(Cc1cccc(-c3ccccc3)c1)C(NS(C)(=O)=O)CC2. The van der Waals surface area contributed by atoms with Crippen LogP contribution >= 0.6 is 0 Å². The molecular formula is C23H27N3O2S. The molecule has 1 aromatic heterocycles. The van der Waals surface area contributed by atoms with E-state index in [-0.39, 0.29) is 12.1 Å². The molecule has 0 saturated carbocycles. The third-order valence-electron chi connectivity index (χ3n) is 5.56. The Labute approximate surface area is 172 Å². The van der Waals surface area contributed by atoms with E-state index in [2.05, 4.69) is 58.8 Å². The van der Waals surface area contributed by atoms with Gasteiger partial charge in [-0.15, -0.1) is 0 Å². The molecule has 0 fully saturated rings. The van der Waals surface area contributed by atoms with E-state index in [1.807, 2.05) is 18.2 Å². The first-order valence-corrected chi connectivity index (χ1v) is 12.0. The van der Waals surface area contributed by atoms with Crippen molar-refractivity contribution in [3.8, 4) is 11.1 Å². The van der Waals surface area contributed by atoms with Gasteiger partial charge in [-0.1, -0.05) is 61.5 Å². The summed E-state index contributed by atoms with van der Waals surface area (Å²) >= 11 is 0. The van der Waals surface area contributed by atoms with E-state index in [0.29, 0.717) is 0 Å². The van der Waals surface area contributed by atoms with Crippen LogP contribution in [0.5, 0.6) is 0 Å². The summed E-state index contributed by atoms with van der Waals surface area (Å²) in [5.74, 6) is 0. The molecule has 29 heavy (non-hydrogen) atoms. The molecule has 152 valence electrons. The Bertz CT molecular complexity index is 1090. The number of aryl methyl sites for hydroxylation is 2. The van der Waals surface area contributed by atoms with Crippen molar-refractivity contribution in [2.75, 3.05) is 6.26 Å². The van der Waals surface area contributed by atoms with Crippen LogP contribution in [-0.2, 0) is 29.3 Å². The van der Waals surface area contributed by atoms with E-state index >= 15 is 0 Å². The maximum Gasteiger partial charge on any atom is 0.209 e. The quantitative estimate of drug-likeness (QED) is 0.674.